The Morgan fingerprint density at radius 2 is 2.00 bits per heavy atom. The summed E-state index contributed by atoms with van der Waals surface area (Å²) < 4.78 is 4.15. The topological polar surface area (TPSA) is 46.6 Å². The molecule has 0 bridgehead atoms. The molecule has 0 aromatic rings. The second kappa shape index (κ2) is 8.50. The quantitative estimate of drug-likeness (QED) is 0.720. The molecule has 0 saturated carbocycles. The van der Waals surface area contributed by atoms with Crippen LogP contribution in [-0.2, 0) is 14.3 Å². The number of likely N-dealkylation sites (tertiary alicyclic amines) is 1. The van der Waals surface area contributed by atoms with Crippen molar-refractivity contribution in [2.24, 2.45) is 0 Å². The predicted octanol–water partition coefficient (Wildman–Crippen LogP) is 2.06. The van der Waals surface area contributed by atoms with Crippen molar-refractivity contribution in [3.05, 3.63) is 23.9 Å². The van der Waals surface area contributed by atoms with E-state index in [0.717, 1.165) is 13.1 Å². The van der Waals surface area contributed by atoms with Gasteiger partial charge in [-0.1, -0.05) is 6.08 Å². The van der Waals surface area contributed by atoms with Crippen molar-refractivity contribution in [3.8, 4) is 0 Å². The van der Waals surface area contributed by atoms with Gasteiger partial charge < -0.3 is 9.64 Å². The molecule has 2 aliphatic rings. The van der Waals surface area contributed by atoms with E-state index >= 15 is 0 Å². The summed E-state index contributed by atoms with van der Waals surface area (Å²) in [7, 11) is 0. The molecule has 1 saturated heterocycles. The fourth-order valence-corrected chi connectivity index (χ4v) is 1.97. The Labute approximate surface area is 108 Å². The Bertz CT molecular complexity index is 328. The van der Waals surface area contributed by atoms with Gasteiger partial charge in [0, 0.05) is 25.2 Å². The van der Waals surface area contributed by atoms with Gasteiger partial charge in [0.1, 0.15) is 0 Å². The number of hydrogen-bond acceptors (Lipinski definition) is 4. The summed E-state index contributed by atoms with van der Waals surface area (Å²) in [4.78, 5) is 22.5. The fourth-order valence-electron chi connectivity index (χ4n) is 1.97. The highest BCUT2D eigenvalue weighted by molar-refractivity contribution is 5.92. The Morgan fingerprint density at radius 3 is 2.44 bits per heavy atom. The maximum atomic E-state index is 10.9. The van der Waals surface area contributed by atoms with Gasteiger partial charge in [0.05, 0.1) is 6.61 Å². The molecule has 0 N–H and O–H groups in total. The molecule has 0 radical (unpaired) electrons. The first-order valence-corrected chi connectivity index (χ1v) is 6.49. The number of carbonyl (C=O) groups is 2. The predicted molar refractivity (Wildman–Crippen MR) is 70.0 cm³/mol. The van der Waals surface area contributed by atoms with E-state index in [9.17, 15) is 9.59 Å². The summed E-state index contributed by atoms with van der Waals surface area (Å²) >= 11 is 0. The number of ketones is 1. The number of allylic oxidation sites excluding steroid dienone is 3. The number of ether oxygens (including phenoxy) is 1. The molecule has 0 aromatic carbocycles. The molecule has 2 rings (SSSR count). The maximum absolute atomic E-state index is 10.9. The fraction of sp³-hybridized carbons (Fsp3) is 0.571. The lowest BCUT2D eigenvalue weighted by molar-refractivity contribution is -0.128. The summed E-state index contributed by atoms with van der Waals surface area (Å²) in [6, 6.07) is 0. The molecule has 0 aromatic heterocycles. The van der Waals surface area contributed by atoms with Crippen LogP contribution in [0.4, 0.5) is 0 Å². The van der Waals surface area contributed by atoms with Crippen molar-refractivity contribution >= 4 is 12.3 Å². The third-order valence-electron chi connectivity index (χ3n) is 2.91. The third kappa shape index (κ3) is 5.17. The minimum Gasteiger partial charge on any atom is -0.468 e. The minimum atomic E-state index is 0.223. The SMILES string of the molecule is CCOC=O.O=C1C=CC(N2CCCCC2)=CC1. The summed E-state index contributed by atoms with van der Waals surface area (Å²) in [6.07, 6.45) is 10.2. The molecule has 1 aliphatic heterocycles. The normalized spacial score (nSPS) is 18.6. The first kappa shape index (κ1) is 14.5. The van der Waals surface area contributed by atoms with Gasteiger partial charge in [-0.2, -0.15) is 0 Å². The number of piperidine rings is 1. The van der Waals surface area contributed by atoms with Crippen molar-refractivity contribution in [1.29, 1.82) is 0 Å². The molecule has 1 aliphatic carbocycles. The zero-order chi connectivity index (χ0) is 13.2. The number of rotatable bonds is 3. The van der Waals surface area contributed by atoms with E-state index < -0.39 is 0 Å². The lowest BCUT2D eigenvalue weighted by Crippen LogP contribution is -2.29. The molecule has 0 spiro atoms. The van der Waals surface area contributed by atoms with Gasteiger partial charge in [-0.3, -0.25) is 9.59 Å². The molecular formula is C14H21NO3. The second-order valence-electron chi connectivity index (χ2n) is 4.23. The molecule has 18 heavy (non-hydrogen) atoms. The van der Waals surface area contributed by atoms with Gasteiger partial charge in [-0.05, 0) is 38.3 Å². The third-order valence-corrected chi connectivity index (χ3v) is 2.91. The van der Waals surface area contributed by atoms with Crippen LogP contribution >= 0.6 is 0 Å². The molecular weight excluding hydrogens is 230 g/mol. The van der Waals surface area contributed by atoms with Gasteiger partial charge in [0.2, 0.25) is 0 Å². The smallest absolute Gasteiger partial charge is 0.293 e. The molecule has 4 heteroatoms. The van der Waals surface area contributed by atoms with Crippen LogP contribution in [0.3, 0.4) is 0 Å². The average molecular weight is 251 g/mol. The Morgan fingerprint density at radius 1 is 1.28 bits per heavy atom. The van der Waals surface area contributed by atoms with E-state index in [2.05, 4.69) is 9.64 Å². The standard InChI is InChI=1S/C11H15NO.C3H6O2/c13-11-6-4-10(5-7-11)12-8-2-1-3-9-12;1-2-5-3-4/h4-6H,1-3,7-9H2;3H,2H2,1H3. The first-order valence-electron chi connectivity index (χ1n) is 6.49. The van der Waals surface area contributed by atoms with Crippen LogP contribution in [0, 0.1) is 0 Å². The highest BCUT2D eigenvalue weighted by Gasteiger charge is 2.13. The van der Waals surface area contributed by atoms with Gasteiger partial charge in [-0.25, -0.2) is 0 Å². The van der Waals surface area contributed by atoms with E-state index in [1.54, 1.807) is 13.0 Å². The maximum Gasteiger partial charge on any atom is 0.293 e. The zero-order valence-electron chi connectivity index (χ0n) is 10.9. The highest BCUT2D eigenvalue weighted by atomic mass is 16.5. The van der Waals surface area contributed by atoms with Crippen LogP contribution in [0.5, 0.6) is 0 Å². The van der Waals surface area contributed by atoms with E-state index in [1.165, 1.54) is 25.0 Å². The van der Waals surface area contributed by atoms with Gasteiger partial charge in [-0.15, -0.1) is 0 Å². The second-order valence-corrected chi connectivity index (χ2v) is 4.23. The van der Waals surface area contributed by atoms with Crippen molar-refractivity contribution in [1.82, 2.24) is 4.90 Å². The molecule has 1 heterocycles. The molecule has 4 nitrogen and oxygen atoms in total. The summed E-state index contributed by atoms with van der Waals surface area (Å²) in [5.74, 6) is 0.223. The average Bonchev–Trinajstić information content (AvgIpc) is 2.42. The highest BCUT2D eigenvalue weighted by Crippen LogP contribution is 2.18. The molecule has 0 atom stereocenters. The first-order chi connectivity index (χ1) is 8.77. The monoisotopic (exact) mass is 251 g/mol. The molecule has 100 valence electrons. The number of carbonyl (C=O) groups excluding carboxylic acids is 2. The van der Waals surface area contributed by atoms with Gasteiger partial charge in [0.15, 0.2) is 5.78 Å². The Kier molecular flexibility index (Phi) is 6.84. The van der Waals surface area contributed by atoms with Gasteiger partial charge in [0.25, 0.3) is 6.47 Å². The van der Waals surface area contributed by atoms with Crippen LogP contribution in [0.1, 0.15) is 32.6 Å². The van der Waals surface area contributed by atoms with Crippen LogP contribution in [0.25, 0.3) is 0 Å². The van der Waals surface area contributed by atoms with E-state index in [-0.39, 0.29) is 5.78 Å². The molecule has 0 amide bonds. The van der Waals surface area contributed by atoms with Crippen molar-refractivity contribution in [2.45, 2.75) is 32.6 Å². The molecule has 0 unspecified atom stereocenters. The zero-order valence-corrected chi connectivity index (χ0v) is 10.9. The largest absolute Gasteiger partial charge is 0.468 e. The van der Waals surface area contributed by atoms with Gasteiger partial charge >= 0.3 is 0 Å². The van der Waals surface area contributed by atoms with Crippen LogP contribution in [-0.4, -0.2) is 36.9 Å². The lowest BCUT2D eigenvalue weighted by Gasteiger charge is -2.30. The van der Waals surface area contributed by atoms with E-state index in [1.807, 2.05) is 12.2 Å². The summed E-state index contributed by atoms with van der Waals surface area (Å²) in [5.41, 5.74) is 1.25. The Balaban J connectivity index is 0.000000280. The van der Waals surface area contributed by atoms with Crippen molar-refractivity contribution in [2.75, 3.05) is 19.7 Å². The summed E-state index contributed by atoms with van der Waals surface area (Å²) in [6.45, 7) is 4.98. The van der Waals surface area contributed by atoms with Crippen molar-refractivity contribution < 1.29 is 14.3 Å². The van der Waals surface area contributed by atoms with Crippen LogP contribution in [0.2, 0.25) is 0 Å². The molecule has 1 fully saturated rings. The van der Waals surface area contributed by atoms with Crippen molar-refractivity contribution in [3.63, 3.8) is 0 Å². The minimum absolute atomic E-state index is 0.223. The number of nitrogens with zero attached hydrogens (tertiary/aromatic N) is 1. The lowest BCUT2D eigenvalue weighted by atomic mass is 10.1. The summed E-state index contributed by atoms with van der Waals surface area (Å²) in [5, 5.41) is 0. The Hall–Kier alpha value is -1.58. The number of hydrogen-bond donors (Lipinski definition) is 0. The van der Waals surface area contributed by atoms with E-state index in [0.29, 0.717) is 19.5 Å². The van der Waals surface area contributed by atoms with Crippen LogP contribution in [0.15, 0.2) is 23.9 Å². The van der Waals surface area contributed by atoms with E-state index in [4.69, 9.17) is 0 Å². The van der Waals surface area contributed by atoms with Crippen LogP contribution < -0.4 is 0 Å².